The van der Waals surface area contributed by atoms with E-state index in [1.165, 1.54) is 0 Å². The first kappa shape index (κ1) is 13.7. The summed E-state index contributed by atoms with van der Waals surface area (Å²) in [6.45, 7) is 12.8. The zero-order chi connectivity index (χ0) is 12.3. The van der Waals surface area contributed by atoms with E-state index in [1.54, 1.807) is 0 Å². The number of rotatable bonds is 3. The highest BCUT2D eigenvalue weighted by atomic mass is 16.5. The summed E-state index contributed by atoms with van der Waals surface area (Å²) in [6.07, 6.45) is 0.946. The number of hydrogen-bond acceptors (Lipinski definition) is 3. The van der Waals surface area contributed by atoms with E-state index in [1.807, 2.05) is 20.8 Å². The maximum absolute atomic E-state index is 11.8. The number of morpholine rings is 1. The zero-order valence-corrected chi connectivity index (χ0v) is 11.2. The molecular weight excluding hydrogens is 202 g/mol. The van der Waals surface area contributed by atoms with Gasteiger partial charge in [0.05, 0.1) is 12.7 Å². The van der Waals surface area contributed by atoms with E-state index in [0.29, 0.717) is 24.3 Å². The van der Waals surface area contributed by atoms with E-state index in [-0.39, 0.29) is 5.41 Å². The SMILES string of the molecule is CC1CN(CCC(=O)C(C)(C)C)C(C)CO1. The molecule has 1 heterocycles. The van der Waals surface area contributed by atoms with Gasteiger partial charge in [-0.3, -0.25) is 9.69 Å². The van der Waals surface area contributed by atoms with Crippen LogP contribution in [0.15, 0.2) is 0 Å². The van der Waals surface area contributed by atoms with Crippen molar-refractivity contribution in [1.29, 1.82) is 0 Å². The van der Waals surface area contributed by atoms with Crippen molar-refractivity contribution in [1.82, 2.24) is 4.90 Å². The van der Waals surface area contributed by atoms with Crippen molar-refractivity contribution in [2.24, 2.45) is 5.41 Å². The molecule has 1 fully saturated rings. The number of Topliss-reactive ketones (excluding diaryl/α,β-unsaturated/α-hetero) is 1. The van der Waals surface area contributed by atoms with Crippen LogP contribution in [0.2, 0.25) is 0 Å². The van der Waals surface area contributed by atoms with Gasteiger partial charge in [-0.05, 0) is 13.8 Å². The van der Waals surface area contributed by atoms with E-state index in [9.17, 15) is 4.79 Å². The maximum Gasteiger partial charge on any atom is 0.139 e. The molecule has 0 saturated carbocycles. The molecule has 0 radical (unpaired) electrons. The summed E-state index contributed by atoms with van der Waals surface area (Å²) in [5.74, 6) is 0.346. The molecule has 3 heteroatoms. The molecule has 0 N–H and O–H groups in total. The van der Waals surface area contributed by atoms with E-state index in [0.717, 1.165) is 19.7 Å². The summed E-state index contributed by atoms with van der Waals surface area (Å²) < 4.78 is 5.57. The smallest absolute Gasteiger partial charge is 0.139 e. The van der Waals surface area contributed by atoms with Gasteiger partial charge >= 0.3 is 0 Å². The van der Waals surface area contributed by atoms with E-state index in [2.05, 4.69) is 18.7 Å². The molecule has 0 aliphatic carbocycles. The lowest BCUT2D eigenvalue weighted by atomic mass is 9.89. The van der Waals surface area contributed by atoms with Crippen molar-refractivity contribution in [3.63, 3.8) is 0 Å². The van der Waals surface area contributed by atoms with Crippen LogP contribution in [0.5, 0.6) is 0 Å². The lowest BCUT2D eigenvalue weighted by molar-refractivity contribution is -0.127. The molecule has 0 bridgehead atoms. The highest BCUT2D eigenvalue weighted by Gasteiger charge is 2.26. The minimum absolute atomic E-state index is 0.207. The molecule has 0 aromatic carbocycles. The molecule has 3 nitrogen and oxygen atoms in total. The van der Waals surface area contributed by atoms with Crippen LogP contribution in [-0.2, 0) is 9.53 Å². The Kier molecular flexibility index (Phi) is 4.51. The molecule has 0 amide bonds. The van der Waals surface area contributed by atoms with Crippen LogP contribution in [0.1, 0.15) is 41.0 Å². The Balaban J connectivity index is 2.39. The fraction of sp³-hybridized carbons (Fsp3) is 0.923. The number of hydrogen-bond donors (Lipinski definition) is 0. The minimum Gasteiger partial charge on any atom is -0.376 e. The van der Waals surface area contributed by atoms with Crippen molar-refractivity contribution in [3.05, 3.63) is 0 Å². The third-order valence-corrected chi connectivity index (χ3v) is 3.20. The first-order chi connectivity index (χ1) is 7.30. The fourth-order valence-electron chi connectivity index (χ4n) is 1.90. The van der Waals surface area contributed by atoms with Crippen LogP contribution in [0.4, 0.5) is 0 Å². The Morgan fingerprint density at radius 1 is 1.38 bits per heavy atom. The summed E-state index contributed by atoms with van der Waals surface area (Å²) in [6, 6.07) is 0.434. The maximum atomic E-state index is 11.8. The number of carbonyl (C=O) groups excluding carboxylic acids is 1. The van der Waals surface area contributed by atoms with Gasteiger partial charge in [-0.1, -0.05) is 20.8 Å². The Morgan fingerprint density at radius 2 is 2.00 bits per heavy atom. The zero-order valence-electron chi connectivity index (χ0n) is 11.2. The number of nitrogens with zero attached hydrogens (tertiary/aromatic N) is 1. The average Bonchev–Trinajstić information content (AvgIpc) is 2.17. The lowest BCUT2D eigenvalue weighted by Crippen LogP contribution is -2.48. The van der Waals surface area contributed by atoms with Crippen LogP contribution in [0.3, 0.4) is 0 Å². The van der Waals surface area contributed by atoms with Gasteiger partial charge in [-0.15, -0.1) is 0 Å². The molecule has 2 atom stereocenters. The van der Waals surface area contributed by atoms with E-state index >= 15 is 0 Å². The van der Waals surface area contributed by atoms with Crippen LogP contribution in [0.25, 0.3) is 0 Å². The van der Waals surface area contributed by atoms with Gasteiger partial charge in [0.15, 0.2) is 0 Å². The van der Waals surface area contributed by atoms with Crippen LogP contribution in [0, 0.1) is 5.41 Å². The summed E-state index contributed by atoms with van der Waals surface area (Å²) in [7, 11) is 0. The van der Waals surface area contributed by atoms with Crippen molar-refractivity contribution in [3.8, 4) is 0 Å². The molecule has 2 unspecified atom stereocenters. The molecule has 0 spiro atoms. The standard InChI is InChI=1S/C13H25NO2/c1-10-9-16-11(2)8-14(10)7-6-12(15)13(3,4)5/h10-11H,6-9H2,1-5H3. The number of carbonyl (C=O) groups is 1. The van der Waals surface area contributed by atoms with Gasteiger partial charge in [0.1, 0.15) is 5.78 Å². The average molecular weight is 227 g/mol. The summed E-state index contributed by atoms with van der Waals surface area (Å²) in [5, 5.41) is 0. The van der Waals surface area contributed by atoms with Gasteiger partial charge in [-0.25, -0.2) is 0 Å². The van der Waals surface area contributed by atoms with Gasteiger partial charge < -0.3 is 4.74 Å². The first-order valence-corrected chi connectivity index (χ1v) is 6.19. The molecule has 1 saturated heterocycles. The largest absolute Gasteiger partial charge is 0.376 e. The van der Waals surface area contributed by atoms with Crippen molar-refractivity contribution in [2.75, 3.05) is 19.7 Å². The normalized spacial score (nSPS) is 28.1. The quantitative estimate of drug-likeness (QED) is 0.739. The molecular formula is C13H25NO2. The predicted octanol–water partition coefficient (Wildman–Crippen LogP) is 2.10. The van der Waals surface area contributed by atoms with Crippen molar-refractivity contribution < 1.29 is 9.53 Å². The number of ketones is 1. The molecule has 16 heavy (non-hydrogen) atoms. The van der Waals surface area contributed by atoms with E-state index in [4.69, 9.17) is 4.74 Å². The third kappa shape index (κ3) is 3.87. The Bertz CT molecular complexity index is 245. The Labute approximate surface area is 99.1 Å². The molecule has 1 aliphatic heterocycles. The fourth-order valence-corrected chi connectivity index (χ4v) is 1.90. The monoisotopic (exact) mass is 227 g/mol. The molecule has 0 aromatic rings. The van der Waals surface area contributed by atoms with Crippen LogP contribution < -0.4 is 0 Å². The van der Waals surface area contributed by atoms with Gasteiger partial charge in [0, 0.05) is 31.0 Å². The second-order valence-electron chi connectivity index (χ2n) is 5.91. The first-order valence-electron chi connectivity index (χ1n) is 6.19. The van der Waals surface area contributed by atoms with Crippen molar-refractivity contribution >= 4 is 5.78 Å². The second-order valence-corrected chi connectivity index (χ2v) is 5.91. The van der Waals surface area contributed by atoms with Gasteiger partial charge in [-0.2, -0.15) is 0 Å². The molecule has 1 rings (SSSR count). The summed E-state index contributed by atoms with van der Waals surface area (Å²) in [5.41, 5.74) is -0.207. The minimum atomic E-state index is -0.207. The highest BCUT2D eigenvalue weighted by Crippen LogP contribution is 2.18. The van der Waals surface area contributed by atoms with Crippen LogP contribution >= 0.6 is 0 Å². The topological polar surface area (TPSA) is 29.5 Å². The highest BCUT2D eigenvalue weighted by molar-refractivity contribution is 5.83. The van der Waals surface area contributed by atoms with Gasteiger partial charge in [0.2, 0.25) is 0 Å². The summed E-state index contributed by atoms with van der Waals surface area (Å²) in [4.78, 5) is 14.2. The lowest BCUT2D eigenvalue weighted by Gasteiger charge is -2.37. The van der Waals surface area contributed by atoms with Crippen LogP contribution in [-0.4, -0.2) is 42.5 Å². The number of ether oxygens (including phenoxy) is 1. The predicted molar refractivity (Wildman–Crippen MR) is 65.5 cm³/mol. The van der Waals surface area contributed by atoms with Crippen molar-refractivity contribution in [2.45, 2.75) is 53.2 Å². The molecule has 94 valence electrons. The van der Waals surface area contributed by atoms with E-state index < -0.39 is 0 Å². The summed E-state index contributed by atoms with van der Waals surface area (Å²) >= 11 is 0. The molecule has 1 aliphatic rings. The Hall–Kier alpha value is -0.410. The third-order valence-electron chi connectivity index (χ3n) is 3.20. The molecule has 0 aromatic heterocycles. The second kappa shape index (κ2) is 5.28. The van der Waals surface area contributed by atoms with Gasteiger partial charge in [0.25, 0.3) is 0 Å². The Morgan fingerprint density at radius 3 is 2.56 bits per heavy atom.